The van der Waals surface area contributed by atoms with Crippen LogP contribution in [0.5, 0.6) is 0 Å². The van der Waals surface area contributed by atoms with Crippen molar-refractivity contribution < 1.29 is 9.84 Å². The Hall–Kier alpha value is -0.560. The van der Waals surface area contributed by atoms with Gasteiger partial charge in [-0.25, -0.2) is 0 Å². The number of nitrogens with zero attached hydrogens (tertiary/aromatic N) is 1. The molecule has 1 N–H and O–H groups in total. The fraction of sp³-hybridized carbons (Fsp3) is 0.882. The van der Waals surface area contributed by atoms with Gasteiger partial charge in [0.25, 0.3) is 0 Å². The zero-order chi connectivity index (χ0) is 14.4. The molecule has 2 fully saturated rings. The van der Waals surface area contributed by atoms with Crippen LogP contribution in [0.15, 0.2) is 0 Å². The summed E-state index contributed by atoms with van der Waals surface area (Å²) in [6.07, 6.45) is 13.2. The number of terminal acetylenes is 1. The first-order valence-electron chi connectivity index (χ1n) is 8.16. The Kier molecular flexibility index (Phi) is 5.89. The molecular weight excluding hydrogens is 250 g/mol. The lowest BCUT2D eigenvalue weighted by molar-refractivity contribution is -0.0712. The molecule has 0 amide bonds. The summed E-state index contributed by atoms with van der Waals surface area (Å²) in [4.78, 5) is 2.35. The van der Waals surface area contributed by atoms with E-state index in [4.69, 9.17) is 11.2 Å². The molecule has 0 unspecified atom stereocenters. The third-order valence-corrected chi connectivity index (χ3v) is 4.69. The van der Waals surface area contributed by atoms with Gasteiger partial charge in [-0.2, -0.15) is 0 Å². The predicted octanol–water partition coefficient (Wildman–Crippen LogP) is 2.43. The first-order valence-corrected chi connectivity index (χ1v) is 8.16. The average molecular weight is 279 g/mol. The molecule has 0 bridgehead atoms. The van der Waals surface area contributed by atoms with Gasteiger partial charge >= 0.3 is 0 Å². The molecule has 2 atom stereocenters. The number of hydrogen-bond donors (Lipinski definition) is 1. The Morgan fingerprint density at radius 3 is 2.75 bits per heavy atom. The molecule has 1 saturated carbocycles. The molecule has 0 aromatic heterocycles. The summed E-state index contributed by atoms with van der Waals surface area (Å²) in [6.45, 7) is 5.56. The van der Waals surface area contributed by atoms with Crippen molar-refractivity contribution in [2.24, 2.45) is 5.92 Å². The van der Waals surface area contributed by atoms with Crippen LogP contribution in [0.2, 0.25) is 0 Å². The summed E-state index contributed by atoms with van der Waals surface area (Å²) in [5.74, 6) is 3.58. The van der Waals surface area contributed by atoms with Gasteiger partial charge in [0.2, 0.25) is 0 Å². The van der Waals surface area contributed by atoms with Crippen LogP contribution in [0.4, 0.5) is 0 Å². The second-order valence-electron chi connectivity index (χ2n) is 6.67. The van der Waals surface area contributed by atoms with Gasteiger partial charge in [-0.1, -0.05) is 19.3 Å². The Balaban J connectivity index is 1.73. The van der Waals surface area contributed by atoms with Gasteiger partial charge in [-0.05, 0) is 51.0 Å². The zero-order valence-corrected chi connectivity index (χ0v) is 12.8. The van der Waals surface area contributed by atoms with Crippen molar-refractivity contribution in [3.05, 3.63) is 0 Å². The van der Waals surface area contributed by atoms with Gasteiger partial charge in [0.1, 0.15) is 5.60 Å². The third kappa shape index (κ3) is 4.48. The van der Waals surface area contributed by atoms with E-state index in [0.29, 0.717) is 13.2 Å². The van der Waals surface area contributed by atoms with E-state index in [1.54, 1.807) is 0 Å². The molecule has 2 rings (SSSR count). The second-order valence-corrected chi connectivity index (χ2v) is 6.67. The van der Waals surface area contributed by atoms with E-state index in [-0.39, 0.29) is 0 Å². The van der Waals surface area contributed by atoms with Crippen molar-refractivity contribution in [2.75, 3.05) is 26.2 Å². The van der Waals surface area contributed by atoms with Crippen molar-refractivity contribution in [3.8, 4) is 12.3 Å². The number of β-amino-alcohol motifs (C(OH)–C–C–N with tert-alkyl or cyclic N) is 1. The number of piperidine rings is 1. The summed E-state index contributed by atoms with van der Waals surface area (Å²) in [5, 5.41) is 10.2. The molecule has 3 nitrogen and oxygen atoms in total. The summed E-state index contributed by atoms with van der Waals surface area (Å²) < 4.78 is 5.94. The maximum absolute atomic E-state index is 10.2. The van der Waals surface area contributed by atoms with Gasteiger partial charge in [0.15, 0.2) is 0 Å². The summed E-state index contributed by atoms with van der Waals surface area (Å²) in [5.41, 5.74) is -0.408. The SMILES string of the molecule is C#CC1(OC[C@H](O)CN2CCC[C@H](C)C2)CCCCC1. The number of hydrogen-bond acceptors (Lipinski definition) is 3. The molecule has 2 aliphatic rings. The molecule has 0 radical (unpaired) electrons. The average Bonchev–Trinajstić information content (AvgIpc) is 2.46. The maximum atomic E-state index is 10.2. The fourth-order valence-corrected chi connectivity index (χ4v) is 3.51. The third-order valence-electron chi connectivity index (χ3n) is 4.69. The molecule has 0 aromatic carbocycles. The minimum Gasteiger partial charge on any atom is -0.389 e. The van der Waals surface area contributed by atoms with E-state index in [1.807, 2.05) is 0 Å². The monoisotopic (exact) mass is 279 g/mol. The highest BCUT2D eigenvalue weighted by atomic mass is 16.5. The predicted molar refractivity (Wildman–Crippen MR) is 81.4 cm³/mol. The number of aliphatic hydroxyl groups excluding tert-OH is 1. The van der Waals surface area contributed by atoms with Crippen LogP contribution in [-0.2, 0) is 4.74 Å². The molecule has 1 saturated heterocycles. The number of likely N-dealkylation sites (tertiary alicyclic amines) is 1. The second kappa shape index (κ2) is 7.45. The number of rotatable bonds is 5. The first-order chi connectivity index (χ1) is 9.63. The maximum Gasteiger partial charge on any atom is 0.128 e. The molecule has 1 aliphatic heterocycles. The summed E-state index contributed by atoms with van der Waals surface area (Å²) >= 11 is 0. The highest BCUT2D eigenvalue weighted by molar-refractivity contribution is 5.09. The van der Waals surface area contributed by atoms with Crippen molar-refractivity contribution >= 4 is 0 Å². The fourth-order valence-electron chi connectivity index (χ4n) is 3.51. The molecule has 1 heterocycles. The molecular formula is C17H29NO2. The van der Waals surface area contributed by atoms with Crippen molar-refractivity contribution in [1.82, 2.24) is 4.90 Å². The molecule has 114 valence electrons. The van der Waals surface area contributed by atoms with Gasteiger partial charge in [-0.3, -0.25) is 0 Å². The Morgan fingerprint density at radius 2 is 2.10 bits per heavy atom. The summed E-state index contributed by atoms with van der Waals surface area (Å²) in [7, 11) is 0. The standard InChI is InChI=1S/C17H29NO2/c1-3-17(9-5-4-6-10-17)20-14-16(19)13-18-11-7-8-15(2)12-18/h1,15-16,19H,4-14H2,2H3/t15-,16+/m0/s1. The van der Waals surface area contributed by atoms with E-state index in [0.717, 1.165) is 44.7 Å². The van der Waals surface area contributed by atoms with Crippen LogP contribution in [-0.4, -0.2) is 48.0 Å². The largest absolute Gasteiger partial charge is 0.389 e. The van der Waals surface area contributed by atoms with Crippen LogP contribution < -0.4 is 0 Å². The molecule has 20 heavy (non-hydrogen) atoms. The lowest BCUT2D eigenvalue weighted by Gasteiger charge is -2.35. The minimum atomic E-state index is -0.424. The van der Waals surface area contributed by atoms with E-state index < -0.39 is 11.7 Å². The van der Waals surface area contributed by atoms with Gasteiger partial charge in [0.05, 0.1) is 12.7 Å². The van der Waals surface area contributed by atoms with Gasteiger partial charge in [-0.15, -0.1) is 6.42 Å². The van der Waals surface area contributed by atoms with Crippen LogP contribution in [0, 0.1) is 18.3 Å². The quantitative estimate of drug-likeness (QED) is 0.785. The van der Waals surface area contributed by atoms with Crippen LogP contribution in [0.1, 0.15) is 51.9 Å². The van der Waals surface area contributed by atoms with Gasteiger partial charge < -0.3 is 14.7 Å². The topological polar surface area (TPSA) is 32.7 Å². The van der Waals surface area contributed by atoms with Crippen LogP contribution in [0.3, 0.4) is 0 Å². The molecule has 0 aromatic rings. The van der Waals surface area contributed by atoms with E-state index in [1.165, 1.54) is 19.3 Å². The molecule has 3 heteroatoms. The van der Waals surface area contributed by atoms with Gasteiger partial charge in [0, 0.05) is 13.1 Å². The van der Waals surface area contributed by atoms with Crippen molar-refractivity contribution in [3.63, 3.8) is 0 Å². The van der Waals surface area contributed by atoms with E-state index in [2.05, 4.69) is 17.7 Å². The normalized spacial score (nSPS) is 28.8. The van der Waals surface area contributed by atoms with E-state index >= 15 is 0 Å². The minimum absolute atomic E-state index is 0.370. The number of ether oxygens (including phenoxy) is 1. The number of aliphatic hydroxyl groups is 1. The highest BCUT2D eigenvalue weighted by Gasteiger charge is 2.31. The Morgan fingerprint density at radius 1 is 1.35 bits per heavy atom. The molecule has 0 spiro atoms. The van der Waals surface area contributed by atoms with Crippen LogP contribution in [0.25, 0.3) is 0 Å². The lowest BCUT2D eigenvalue weighted by atomic mass is 9.85. The summed E-state index contributed by atoms with van der Waals surface area (Å²) in [6, 6.07) is 0. The van der Waals surface area contributed by atoms with Crippen molar-refractivity contribution in [2.45, 2.75) is 63.6 Å². The lowest BCUT2D eigenvalue weighted by Crippen LogP contribution is -2.43. The molecule has 1 aliphatic carbocycles. The smallest absolute Gasteiger partial charge is 0.128 e. The zero-order valence-electron chi connectivity index (χ0n) is 12.8. The Labute approximate surface area is 123 Å². The van der Waals surface area contributed by atoms with Crippen molar-refractivity contribution in [1.29, 1.82) is 0 Å². The first kappa shape index (κ1) is 15.8. The Bertz CT molecular complexity index is 330. The van der Waals surface area contributed by atoms with Crippen LogP contribution >= 0.6 is 0 Å². The van der Waals surface area contributed by atoms with E-state index in [9.17, 15) is 5.11 Å². The highest BCUT2D eigenvalue weighted by Crippen LogP contribution is 2.31.